The van der Waals surface area contributed by atoms with E-state index in [1.165, 1.54) is 5.34 Å². The number of rotatable bonds is 0. The van der Waals surface area contributed by atoms with Crippen molar-refractivity contribution in [2.45, 2.75) is 0 Å². The maximum atomic E-state index is 8.11. The van der Waals surface area contributed by atoms with Gasteiger partial charge in [0.05, 0.1) is 0 Å². The summed E-state index contributed by atoms with van der Waals surface area (Å²) >= 11 is 0. The largest absolute Gasteiger partial charge is 0.379 e. The summed E-state index contributed by atoms with van der Waals surface area (Å²) in [6.07, 6.45) is 0. The number of hydrogen-bond donors (Lipinski definition) is 1. The molecule has 0 bridgehead atoms. The third kappa shape index (κ3) is 2960. The Kier molecular flexibility index (Phi) is 13.2. The molecule has 4 heteroatoms. The minimum Gasteiger partial charge on any atom is -0.379 e. The Hall–Kier alpha value is -0.170. The van der Waals surface area contributed by atoms with Crippen molar-refractivity contribution in [1.29, 1.82) is 0 Å². The van der Waals surface area contributed by atoms with Gasteiger partial charge in [0, 0.05) is 0 Å². The first-order valence-corrected chi connectivity index (χ1v) is 4.41. The Morgan fingerprint density at radius 3 is 1.43 bits per heavy atom. The minimum absolute atomic E-state index is 0.380. The number of hydrogen-bond acceptors (Lipinski definition) is 2. The van der Waals surface area contributed by atoms with E-state index in [4.69, 9.17) is 10.1 Å². The Labute approximate surface area is 44.4 Å². The molecule has 0 unspecified atom stereocenters. The van der Waals surface area contributed by atoms with Crippen molar-refractivity contribution in [3.8, 4) is 0 Å². The Bertz CT molecular complexity index is 37.2. The highest BCUT2D eigenvalue weighted by Gasteiger charge is 1.65. The molecule has 0 saturated heterocycles. The predicted octanol–water partition coefficient (Wildman–Crippen LogP) is 1.50. The van der Waals surface area contributed by atoms with Crippen molar-refractivity contribution in [1.82, 2.24) is 0 Å². The van der Waals surface area contributed by atoms with Gasteiger partial charge in [0.2, 0.25) is 0 Å². The van der Waals surface area contributed by atoms with Crippen LogP contribution in [0.2, 0.25) is 0 Å². The molecule has 3 nitrogen and oxygen atoms in total. The van der Waals surface area contributed by atoms with Crippen LogP contribution in [0, 0.1) is 4.91 Å². The Morgan fingerprint density at radius 2 is 1.43 bits per heavy atom. The SMILES string of the molecule is CP(C)C.O=NO. The molecule has 0 aliphatic rings. The lowest BCUT2D eigenvalue weighted by Gasteiger charge is -1.81. The second-order valence-electron chi connectivity index (χ2n) is 1.42. The zero-order chi connectivity index (χ0) is 6.28. The molecule has 44 valence electrons. The van der Waals surface area contributed by atoms with E-state index in [1.807, 2.05) is 0 Å². The van der Waals surface area contributed by atoms with Crippen LogP contribution in [-0.4, -0.2) is 25.2 Å². The van der Waals surface area contributed by atoms with E-state index < -0.39 is 0 Å². The highest BCUT2D eigenvalue weighted by molar-refractivity contribution is 7.55. The van der Waals surface area contributed by atoms with Crippen molar-refractivity contribution in [2.24, 2.45) is 5.34 Å². The van der Waals surface area contributed by atoms with Gasteiger partial charge in [0.25, 0.3) is 0 Å². The standard InChI is InChI=1S/C3H9P.HNO2/c1-4(2)3;2-1-3/h1-3H3;(H,2,3). The van der Waals surface area contributed by atoms with Crippen molar-refractivity contribution >= 4 is 7.92 Å². The normalized spacial score (nSPS) is 6.86. The second-order valence-corrected chi connectivity index (χ2v) is 4.11. The summed E-state index contributed by atoms with van der Waals surface area (Å²) in [5.74, 6) is 0. The van der Waals surface area contributed by atoms with Crippen molar-refractivity contribution in [3.05, 3.63) is 4.91 Å². The molecule has 0 rings (SSSR count). The zero-order valence-electron chi connectivity index (χ0n) is 4.75. The molecule has 0 amide bonds. The summed E-state index contributed by atoms with van der Waals surface area (Å²) in [6, 6.07) is 0. The van der Waals surface area contributed by atoms with E-state index in [0.29, 0.717) is 7.92 Å². The van der Waals surface area contributed by atoms with Gasteiger partial charge in [-0.25, -0.2) is 0 Å². The van der Waals surface area contributed by atoms with Crippen LogP contribution in [0.25, 0.3) is 0 Å². The summed E-state index contributed by atoms with van der Waals surface area (Å²) in [7, 11) is 0.380. The van der Waals surface area contributed by atoms with E-state index in [-0.39, 0.29) is 0 Å². The molecular formula is C3H10NO2P. The van der Waals surface area contributed by atoms with Crippen molar-refractivity contribution in [3.63, 3.8) is 0 Å². The molecule has 0 aromatic heterocycles. The highest BCUT2D eigenvalue weighted by atomic mass is 31.1. The first-order valence-electron chi connectivity index (χ1n) is 1.72. The molecule has 0 atom stereocenters. The van der Waals surface area contributed by atoms with Crippen molar-refractivity contribution < 1.29 is 5.21 Å². The molecule has 7 heavy (non-hydrogen) atoms. The molecule has 0 heterocycles. The summed E-state index contributed by atoms with van der Waals surface area (Å²) in [5.41, 5.74) is 0. The van der Waals surface area contributed by atoms with Crippen LogP contribution >= 0.6 is 7.92 Å². The van der Waals surface area contributed by atoms with E-state index >= 15 is 0 Å². The van der Waals surface area contributed by atoms with E-state index in [2.05, 4.69) is 20.0 Å². The molecular weight excluding hydrogens is 113 g/mol. The highest BCUT2D eigenvalue weighted by Crippen LogP contribution is 2.14. The monoisotopic (exact) mass is 123 g/mol. The molecule has 0 radical (unpaired) electrons. The van der Waals surface area contributed by atoms with Crippen LogP contribution < -0.4 is 0 Å². The first kappa shape index (κ1) is 9.95. The summed E-state index contributed by atoms with van der Waals surface area (Å²) in [5, 5.41) is 7.89. The number of nitrogens with zero attached hydrogens (tertiary/aromatic N) is 1. The van der Waals surface area contributed by atoms with Gasteiger partial charge in [0.15, 0.2) is 5.34 Å². The van der Waals surface area contributed by atoms with Crippen LogP contribution in [0.15, 0.2) is 5.34 Å². The lowest BCUT2D eigenvalue weighted by atomic mass is 11.9. The second kappa shape index (κ2) is 9.27. The first-order chi connectivity index (χ1) is 3.15. The van der Waals surface area contributed by atoms with Crippen LogP contribution in [0.5, 0.6) is 0 Å². The summed E-state index contributed by atoms with van der Waals surface area (Å²) in [6.45, 7) is 6.69. The van der Waals surface area contributed by atoms with Gasteiger partial charge < -0.3 is 5.21 Å². The Balaban J connectivity index is 0. The molecule has 0 spiro atoms. The zero-order valence-corrected chi connectivity index (χ0v) is 5.64. The van der Waals surface area contributed by atoms with E-state index in [1.54, 1.807) is 0 Å². The Morgan fingerprint density at radius 1 is 1.43 bits per heavy atom. The quantitative estimate of drug-likeness (QED) is 0.301. The fourth-order valence-electron chi connectivity index (χ4n) is 0. The van der Waals surface area contributed by atoms with Crippen LogP contribution in [-0.2, 0) is 0 Å². The van der Waals surface area contributed by atoms with Crippen LogP contribution in [0.1, 0.15) is 0 Å². The third-order valence-electron chi connectivity index (χ3n) is 0. The predicted molar refractivity (Wildman–Crippen MR) is 32.3 cm³/mol. The smallest absolute Gasteiger partial charge is 0.152 e. The van der Waals surface area contributed by atoms with Crippen molar-refractivity contribution in [2.75, 3.05) is 20.0 Å². The molecule has 0 aliphatic carbocycles. The third-order valence-corrected chi connectivity index (χ3v) is 0. The van der Waals surface area contributed by atoms with Gasteiger partial charge in [-0.3, -0.25) is 0 Å². The molecule has 0 aromatic carbocycles. The van der Waals surface area contributed by atoms with E-state index in [9.17, 15) is 0 Å². The lowest BCUT2D eigenvalue weighted by Crippen LogP contribution is -1.48. The lowest BCUT2D eigenvalue weighted by molar-refractivity contribution is 0.312. The van der Waals surface area contributed by atoms with Gasteiger partial charge in [-0.1, -0.05) is 0 Å². The van der Waals surface area contributed by atoms with Gasteiger partial charge in [-0.2, -0.15) is 0 Å². The molecule has 1 N–H and O–H groups in total. The molecule has 0 fully saturated rings. The molecule has 0 saturated carbocycles. The maximum absolute atomic E-state index is 8.11. The summed E-state index contributed by atoms with van der Waals surface area (Å²) in [4.78, 5) is 8.11. The van der Waals surface area contributed by atoms with Gasteiger partial charge in [0.1, 0.15) is 0 Å². The molecule has 0 aromatic rings. The minimum atomic E-state index is 0.380. The average Bonchev–Trinajstić information content (AvgIpc) is 1.33. The van der Waals surface area contributed by atoms with E-state index in [0.717, 1.165) is 0 Å². The summed E-state index contributed by atoms with van der Waals surface area (Å²) < 4.78 is 0. The maximum Gasteiger partial charge on any atom is 0.152 e. The average molecular weight is 123 g/mol. The fraction of sp³-hybridized carbons (Fsp3) is 1.00. The topological polar surface area (TPSA) is 49.7 Å². The molecule has 0 aliphatic heterocycles. The van der Waals surface area contributed by atoms with Gasteiger partial charge >= 0.3 is 0 Å². The van der Waals surface area contributed by atoms with Gasteiger partial charge in [-0.05, 0) is 20.0 Å². The fourth-order valence-corrected chi connectivity index (χ4v) is 0. The van der Waals surface area contributed by atoms with Gasteiger partial charge in [-0.15, -0.1) is 12.8 Å². The van der Waals surface area contributed by atoms with Crippen LogP contribution in [0.3, 0.4) is 0 Å². The van der Waals surface area contributed by atoms with Crippen LogP contribution in [0.4, 0.5) is 0 Å².